The maximum Gasteiger partial charge on any atom is 0.162 e. The van der Waals surface area contributed by atoms with Crippen molar-refractivity contribution < 1.29 is 13.6 Å². The van der Waals surface area contributed by atoms with E-state index in [-0.39, 0.29) is 29.3 Å². The van der Waals surface area contributed by atoms with Gasteiger partial charge in [0.05, 0.1) is 17.6 Å². The lowest BCUT2D eigenvalue weighted by molar-refractivity contribution is -0.118. The van der Waals surface area contributed by atoms with Gasteiger partial charge in [0.15, 0.2) is 5.78 Å². The van der Waals surface area contributed by atoms with E-state index >= 15 is 0 Å². The summed E-state index contributed by atoms with van der Waals surface area (Å²) < 4.78 is 29.5. The molecule has 7 heteroatoms. The molecule has 1 atom stereocenters. The van der Waals surface area contributed by atoms with Crippen LogP contribution in [0.5, 0.6) is 0 Å². The van der Waals surface area contributed by atoms with Gasteiger partial charge in [-0.05, 0) is 35.6 Å². The van der Waals surface area contributed by atoms with Crippen molar-refractivity contribution in [2.24, 2.45) is 11.1 Å². The molecular weight excluding hydrogens is 386 g/mol. The molecule has 0 fully saturated rings. The second-order valence-corrected chi connectivity index (χ2v) is 8.34. The van der Waals surface area contributed by atoms with Crippen LogP contribution in [0.25, 0.3) is 0 Å². The Balaban J connectivity index is 2.05. The summed E-state index contributed by atoms with van der Waals surface area (Å²) in [5, 5.41) is 9.92. The second-order valence-electron chi connectivity index (χ2n) is 8.34. The van der Waals surface area contributed by atoms with Gasteiger partial charge in [-0.15, -0.1) is 0 Å². The lowest BCUT2D eigenvalue weighted by Crippen LogP contribution is -2.42. The summed E-state index contributed by atoms with van der Waals surface area (Å²) in [5.41, 5.74) is 7.00. The number of anilines is 1. The first kappa shape index (κ1) is 19.8. The highest BCUT2D eigenvalue weighted by Gasteiger charge is 2.45. The molecule has 2 aromatic rings. The van der Waals surface area contributed by atoms with Crippen LogP contribution in [0, 0.1) is 28.4 Å². The lowest BCUT2D eigenvalue weighted by Gasteiger charge is -2.43. The van der Waals surface area contributed by atoms with Crippen LogP contribution >= 0.6 is 0 Å². The van der Waals surface area contributed by atoms with Crippen LogP contribution in [0.15, 0.2) is 65.4 Å². The molecule has 2 N–H and O–H groups in total. The number of allylic oxidation sites excluding steroid dienone is 3. The molecule has 0 saturated carbocycles. The van der Waals surface area contributed by atoms with Gasteiger partial charge < -0.3 is 5.73 Å². The topological polar surface area (TPSA) is 83.0 Å². The smallest absolute Gasteiger partial charge is 0.162 e. The van der Waals surface area contributed by atoms with E-state index in [1.54, 1.807) is 24.5 Å². The number of nitrogens with two attached hydrogens (primary N) is 1. The van der Waals surface area contributed by atoms with Gasteiger partial charge in [-0.2, -0.15) is 5.26 Å². The Bertz CT molecular complexity index is 1130. The van der Waals surface area contributed by atoms with Crippen molar-refractivity contribution in [3.05, 3.63) is 82.6 Å². The molecule has 0 spiro atoms. The molecule has 152 valence electrons. The first-order valence-corrected chi connectivity index (χ1v) is 9.55. The summed E-state index contributed by atoms with van der Waals surface area (Å²) in [6, 6.07) is 9.05. The summed E-state index contributed by atoms with van der Waals surface area (Å²) in [5.74, 6) is -2.62. The molecule has 0 saturated heterocycles. The third kappa shape index (κ3) is 3.05. The number of rotatable bonds is 2. The van der Waals surface area contributed by atoms with Crippen molar-refractivity contribution in [2.45, 2.75) is 32.6 Å². The summed E-state index contributed by atoms with van der Waals surface area (Å²) >= 11 is 0. The lowest BCUT2D eigenvalue weighted by atomic mass is 9.68. The van der Waals surface area contributed by atoms with E-state index in [9.17, 15) is 18.8 Å². The first-order chi connectivity index (χ1) is 14.2. The summed E-state index contributed by atoms with van der Waals surface area (Å²) in [4.78, 5) is 18.6. The van der Waals surface area contributed by atoms with Crippen molar-refractivity contribution in [1.82, 2.24) is 4.98 Å². The number of benzene rings is 1. The standard InChI is InChI=1S/C23H20F2N4O/c1-23(2)9-17-20(18(30)10-23)19(13-5-4-8-28-12-13)14(11-26)22(27)29(17)21-15(24)6-3-7-16(21)25/h3-8,12,19H,9-10,27H2,1-2H3. The third-order valence-electron chi connectivity index (χ3n) is 5.56. The third-order valence-corrected chi connectivity index (χ3v) is 5.56. The molecule has 1 aliphatic heterocycles. The fourth-order valence-corrected chi connectivity index (χ4v) is 4.35. The summed E-state index contributed by atoms with van der Waals surface area (Å²) in [7, 11) is 0. The van der Waals surface area contributed by atoms with Crippen molar-refractivity contribution in [1.29, 1.82) is 5.26 Å². The molecule has 0 bridgehead atoms. The average Bonchev–Trinajstić information content (AvgIpc) is 2.68. The van der Waals surface area contributed by atoms with Gasteiger partial charge in [0, 0.05) is 30.1 Å². The molecule has 0 radical (unpaired) electrons. The van der Waals surface area contributed by atoms with Crippen LogP contribution < -0.4 is 10.6 Å². The normalized spacial score (nSPS) is 20.8. The van der Waals surface area contributed by atoms with Gasteiger partial charge in [0.25, 0.3) is 0 Å². The first-order valence-electron chi connectivity index (χ1n) is 9.55. The fraction of sp³-hybridized carbons (Fsp3) is 0.261. The highest BCUT2D eigenvalue weighted by atomic mass is 19.1. The monoisotopic (exact) mass is 406 g/mol. The van der Waals surface area contributed by atoms with E-state index in [1.165, 1.54) is 11.0 Å². The van der Waals surface area contributed by atoms with Crippen LogP contribution in [-0.2, 0) is 4.79 Å². The molecule has 30 heavy (non-hydrogen) atoms. The van der Waals surface area contributed by atoms with Gasteiger partial charge in [0.1, 0.15) is 23.1 Å². The number of ketones is 1. The van der Waals surface area contributed by atoms with Gasteiger partial charge in [-0.3, -0.25) is 14.7 Å². The van der Waals surface area contributed by atoms with Crippen LogP contribution in [-0.4, -0.2) is 10.8 Å². The van der Waals surface area contributed by atoms with E-state index in [2.05, 4.69) is 11.1 Å². The van der Waals surface area contributed by atoms with Crippen molar-refractivity contribution in [3.8, 4) is 6.07 Å². The van der Waals surface area contributed by atoms with Gasteiger partial charge in [0.2, 0.25) is 0 Å². The number of hydrogen-bond donors (Lipinski definition) is 1. The van der Waals surface area contributed by atoms with E-state index in [4.69, 9.17) is 5.73 Å². The highest BCUT2D eigenvalue weighted by Crippen LogP contribution is 2.50. The average molecular weight is 406 g/mol. The van der Waals surface area contributed by atoms with Gasteiger partial charge in [-0.25, -0.2) is 8.78 Å². The van der Waals surface area contributed by atoms with Crippen LogP contribution in [0.4, 0.5) is 14.5 Å². The molecule has 1 aromatic carbocycles. The minimum absolute atomic E-state index is 0.0671. The fourth-order valence-electron chi connectivity index (χ4n) is 4.35. The number of hydrogen-bond acceptors (Lipinski definition) is 5. The Kier molecular flexibility index (Phi) is 4.65. The minimum atomic E-state index is -0.822. The zero-order valence-corrected chi connectivity index (χ0v) is 16.6. The van der Waals surface area contributed by atoms with E-state index in [0.29, 0.717) is 23.3 Å². The predicted octanol–water partition coefficient (Wildman–Crippen LogP) is 4.30. The van der Waals surface area contributed by atoms with E-state index in [0.717, 1.165) is 12.1 Å². The highest BCUT2D eigenvalue weighted by molar-refractivity contribution is 6.01. The van der Waals surface area contributed by atoms with Crippen LogP contribution in [0.2, 0.25) is 0 Å². The quantitative estimate of drug-likeness (QED) is 0.804. The maximum absolute atomic E-state index is 14.7. The zero-order valence-electron chi connectivity index (χ0n) is 16.6. The van der Waals surface area contributed by atoms with Crippen molar-refractivity contribution in [3.63, 3.8) is 0 Å². The molecule has 1 aliphatic carbocycles. The maximum atomic E-state index is 14.7. The van der Waals surface area contributed by atoms with E-state index in [1.807, 2.05) is 13.8 Å². The molecule has 1 unspecified atom stereocenters. The molecule has 0 amide bonds. The molecule has 5 nitrogen and oxygen atoms in total. The number of pyridine rings is 1. The van der Waals surface area contributed by atoms with Crippen LogP contribution in [0.1, 0.15) is 38.2 Å². The molecule has 1 aromatic heterocycles. The zero-order chi connectivity index (χ0) is 21.6. The van der Waals surface area contributed by atoms with E-state index < -0.39 is 23.0 Å². The predicted molar refractivity (Wildman–Crippen MR) is 108 cm³/mol. The van der Waals surface area contributed by atoms with Gasteiger partial charge in [-0.1, -0.05) is 26.0 Å². The van der Waals surface area contributed by atoms with Gasteiger partial charge >= 0.3 is 0 Å². The Morgan fingerprint density at radius 3 is 2.50 bits per heavy atom. The Hall–Kier alpha value is -3.53. The SMILES string of the molecule is CC1(C)CC(=O)C2=C(C1)N(c1c(F)cccc1F)C(N)=C(C#N)C2c1cccnc1. The number of aromatic nitrogens is 1. The van der Waals surface area contributed by atoms with Crippen molar-refractivity contribution >= 4 is 11.5 Å². The summed E-state index contributed by atoms with van der Waals surface area (Å²) in [6.07, 6.45) is 3.80. The Morgan fingerprint density at radius 2 is 1.90 bits per heavy atom. The number of carbonyl (C=O) groups is 1. The number of nitriles is 1. The molecular formula is C23H20F2N4O. The summed E-state index contributed by atoms with van der Waals surface area (Å²) in [6.45, 7) is 3.84. The Labute approximate surface area is 173 Å². The number of Topliss-reactive ketones (excluding diaryl/α,β-unsaturated/α-hetero) is 1. The largest absolute Gasteiger partial charge is 0.384 e. The molecule has 2 heterocycles. The van der Waals surface area contributed by atoms with Crippen LogP contribution in [0.3, 0.4) is 0 Å². The number of carbonyl (C=O) groups excluding carboxylic acids is 1. The molecule has 2 aliphatic rings. The number of halogens is 2. The number of nitrogens with zero attached hydrogens (tertiary/aromatic N) is 3. The minimum Gasteiger partial charge on any atom is -0.384 e. The molecule has 4 rings (SSSR count). The second kappa shape index (κ2) is 7.06. The van der Waals surface area contributed by atoms with Crippen molar-refractivity contribution in [2.75, 3.05) is 4.90 Å². The Morgan fingerprint density at radius 1 is 1.20 bits per heavy atom. The number of para-hydroxylation sites is 1.